The quantitative estimate of drug-likeness (QED) is 0.619. The summed E-state index contributed by atoms with van der Waals surface area (Å²) in [5.41, 5.74) is 0.283. The molecule has 0 heterocycles. The van der Waals surface area contributed by atoms with Gasteiger partial charge in [-0.1, -0.05) is 0 Å². The first-order valence-electron chi connectivity index (χ1n) is 6.59. The molecule has 3 N–H and O–H groups in total. The Morgan fingerprint density at radius 2 is 2.00 bits per heavy atom. The van der Waals surface area contributed by atoms with E-state index in [1.165, 1.54) is 19.1 Å². The third-order valence-electron chi connectivity index (χ3n) is 2.60. The summed E-state index contributed by atoms with van der Waals surface area (Å²) in [6.45, 7) is 3.53. The van der Waals surface area contributed by atoms with Gasteiger partial charge in [-0.3, -0.25) is 9.59 Å². The molecule has 0 aliphatic carbocycles. The molecule has 1 rings (SSSR count). The maximum atomic E-state index is 13.6. The first-order chi connectivity index (χ1) is 10.0. The van der Waals surface area contributed by atoms with E-state index in [2.05, 4.69) is 16.0 Å². The van der Waals surface area contributed by atoms with Crippen LogP contribution in [-0.4, -0.2) is 45.2 Å². The Labute approximate surface area is 123 Å². The van der Waals surface area contributed by atoms with Gasteiger partial charge in [-0.05, 0) is 18.2 Å². The monoisotopic (exact) mass is 297 g/mol. The molecule has 0 radical (unpaired) electrons. The zero-order valence-corrected chi connectivity index (χ0v) is 12.2. The van der Waals surface area contributed by atoms with Gasteiger partial charge < -0.3 is 20.7 Å². The van der Waals surface area contributed by atoms with Crippen molar-refractivity contribution in [2.24, 2.45) is 0 Å². The average molecular weight is 297 g/mol. The summed E-state index contributed by atoms with van der Waals surface area (Å²) in [6, 6.07) is 3.86. The van der Waals surface area contributed by atoms with Crippen LogP contribution in [-0.2, 0) is 9.53 Å². The molecular formula is C14H20FN3O3. The van der Waals surface area contributed by atoms with Gasteiger partial charge in [0.1, 0.15) is 5.82 Å². The lowest BCUT2D eigenvalue weighted by Gasteiger charge is -2.09. The normalized spacial score (nSPS) is 10.2. The van der Waals surface area contributed by atoms with Crippen molar-refractivity contribution in [1.82, 2.24) is 10.6 Å². The summed E-state index contributed by atoms with van der Waals surface area (Å²) in [6.07, 6.45) is 0. The maximum Gasteiger partial charge on any atom is 0.254 e. The summed E-state index contributed by atoms with van der Waals surface area (Å²) in [5.74, 6) is -1.43. The van der Waals surface area contributed by atoms with Gasteiger partial charge in [-0.25, -0.2) is 4.39 Å². The second-order valence-electron chi connectivity index (χ2n) is 4.37. The molecule has 0 saturated carbocycles. The Hall–Kier alpha value is -1.99. The number of hydrogen-bond donors (Lipinski definition) is 3. The predicted octanol–water partition coefficient (Wildman–Crippen LogP) is 0.750. The Kier molecular flexibility index (Phi) is 7.34. The SMILES string of the molecule is COCCNCCNC(=O)c1cc(NC(C)=O)ccc1F. The van der Waals surface area contributed by atoms with Gasteiger partial charge in [0.25, 0.3) is 5.91 Å². The van der Waals surface area contributed by atoms with Crippen molar-refractivity contribution in [2.45, 2.75) is 6.92 Å². The van der Waals surface area contributed by atoms with Crippen molar-refractivity contribution in [3.05, 3.63) is 29.6 Å². The fraction of sp³-hybridized carbons (Fsp3) is 0.429. The van der Waals surface area contributed by atoms with Gasteiger partial charge in [0.15, 0.2) is 0 Å². The highest BCUT2D eigenvalue weighted by atomic mass is 19.1. The van der Waals surface area contributed by atoms with Gasteiger partial charge in [0.05, 0.1) is 12.2 Å². The van der Waals surface area contributed by atoms with Gasteiger partial charge in [0.2, 0.25) is 5.91 Å². The molecule has 0 aliphatic heterocycles. The van der Waals surface area contributed by atoms with Crippen molar-refractivity contribution >= 4 is 17.5 Å². The van der Waals surface area contributed by atoms with Crippen LogP contribution in [0.2, 0.25) is 0 Å². The molecule has 7 heteroatoms. The number of rotatable bonds is 8. The Morgan fingerprint density at radius 3 is 2.67 bits per heavy atom. The molecule has 1 aromatic rings. The second kappa shape index (κ2) is 9.04. The van der Waals surface area contributed by atoms with Crippen molar-refractivity contribution < 1.29 is 18.7 Å². The molecule has 6 nitrogen and oxygen atoms in total. The van der Waals surface area contributed by atoms with Gasteiger partial charge >= 0.3 is 0 Å². The summed E-state index contributed by atoms with van der Waals surface area (Å²) in [7, 11) is 1.61. The fourth-order valence-corrected chi connectivity index (χ4v) is 1.64. The van der Waals surface area contributed by atoms with Gasteiger partial charge in [-0.2, -0.15) is 0 Å². The van der Waals surface area contributed by atoms with Crippen LogP contribution >= 0.6 is 0 Å². The van der Waals surface area contributed by atoms with Crippen LogP contribution in [0.15, 0.2) is 18.2 Å². The molecule has 0 bridgehead atoms. The number of carbonyl (C=O) groups excluding carboxylic acids is 2. The van der Waals surface area contributed by atoms with Crippen LogP contribution in [0.5, 0.6) is 0 Å². The highest BCUT2D eigenvalue weighted by Crippen LogP contribution is 2.14. The zero-order valence-electron chi connectivity index (χ0n) is 12.2. The molecule has 21 heavy (non-hydrogen) atoms. The number of carbonyl (C=O) groups is 2. The molecule has 0 fully saturated rings. The van der Waals surface area contributed by atoms with E-state index in [9.17, 15) is 14.0 Å². The maximum absolute atomic E-state index is 13.6. The van der Waals surface area contributed by atoms with Crippen molar-refractivity contribution in [3.63, 3.8) is 0 Å². The lowest BCUT2D eigenvalue weighted by Crippen LogP contribution is -2.33. The van der Waals surface area contributed by atoms with E-state index < -0.39 is 11.7 Å². The molecule has 116 valence electrons. The number of ether oxygens (including phenoxy) is 1. The van der Waals surface area contributed by atoms with Gasteiger partial charge in [-0.15, -0.1) is 0 Å². The number of methoxy groups -OCH3 is 1. The van der Waals surface area contributed by atoms with Crippen molar-refractivity contribution in [2.75, 3.05) is 38.7 Å². The summed E-state index contributed by atoms with van der Waals surface area (Å²) < 4.78 is 18.5. The molecular weight excluding hydrogens is 277 g/mol. The zero-order chi connectivity index (χ0) is 15.7. The summed E-state index contributed by atoms with van der Waals surface area (Å²) in [5, 5.41) is 8.16. The van der Waals surface area contributed by atoms with E-state index in [4.69, 9.17) is 4.74 Å². The predicted molar refractivity (Wildman–Crippen MR) is 77.8 cm³/mol. The molecule has 0 atom stereocenters. The topological polar surface area (TPSA) is 79.5 Å². The fourth-order valence-electron chi connectivity index (χ4n) is 1.64. The highest BCUT2D eigenvalue weighted by Gasteiger charge is 2.12. The van der Waals surface area contributed by atoms with Crippen LogP contribution < -0.4 is 16.0 Å². The third kappa shape index (κ3) is 6.33. The molecule has 2 amide bonds. The van der Waals surface area contributed by atoms with Gasteiger partial charge in [0, 0.05) is 39.4 Å². The van der Waals surface area contributed by atoms with E-state index in [-0.39, 0.29) is 11.5 Å². The summed E-state index contributed by atoms with van der Waals surface area (Å²) >= 11 is 0. The Morgan fingerprint density at radius 1 is 1.24 bits per heavy atom. The minimum Gasteiger partial charge on any atom is -0.383 e. The van der Waals surface area contributed by atoms with Crippen LogP contribution in [0.4, 0.5) is 10.1 Å². The lowest BCUT2D eigenvalue weighted by atomic mass is 10.1. The Bertz CT molecular complexity index is 494. The van der Waals surface area contributed by atoms with Crippen LogP contribution in [0.25, 0.3) is 0 Å². The Balaban J connectivity index is 2.51. The van der Waals surface area contributed by atoms with E-state index in [1.54, 1.807) is 7.11 Å². The largest absolute Gasteiger partial charge is 0.383 e. The van der Waals surface area contributed by atoms with Crippen LogP contribution in [0.3, 0.4) is 0 Å². The minimum atomic E-state index is -0.631. The number of anilines is 1. The van der Waals surface area contributed by atoms with E-state index in [0.717, 1.165) is 6.07 Å². The minimum absolute atomic E-state index is 0.0989. The molecule has 0 unspecified atom stereocenters. The molecule has 0 aliphatic rings. The number of nitrogens with one attached hydrogen (secondary N) is 3. The highest BCUT2D eigenvalue weighted by molar-refractivity contribution is 5.97. The van der Waals surface area contributed by atoms with E-state index in [1.807, 2.05) is 0 Å². The van der Waals surface area contributed by atoms with Crippen molar-refractivity contribution in [1.29, 1.82) is 0 Å². The van der Waals surface area contributed by atoms with Crippen molar-refractivity contribution in [3.8, 4) is 0 Å². The molecule has 1 aromatic carbocycles. The van der Waals surface area contributed by atoms with E-state index in [0.29, 0.717) is 31.9 Å². The standard InChI is InChI=1S/C14H20FN3O3/c1-10(19)18-11-3-4-13(15)12(9-11)14(20)17-6-5-16-7-8-21-2/h3-4,9,16H,5-8H2,1-2H3,(H,17,20)(H,18,19). The number of hydrogen-bond acceptors (Lipinski definition) is 4. The van der Waals surface area contributed by atoms with Crippen LogP contribution in [0.1, 0.15) is 17.3 Å². The smallest absolute Gasteiger partial charge is 0.254 e. The van der Waals surface area contributed by atoms with E-state index >= 15 is 0 Å². The lowest BCUT2D eigenvalue weighted by molar-refractivity contribution is -0.114. The number of amides is 2. The molecule has 0 saturated heterocycles. The first-order valence-corrected chi connectivity index (χ1v) is 6.59. The average Bonchev–Trinajstić information content (AvgIpc) is 2.44. The van der Waals surface area contributed by atoms with Crippen LogP contribution in [0, 0.1) is 5.82 Å². The first kappa shape index (κ1) is 17.1. The molecule has 0 aromatic heterocycles. The molecule has 0 spiro atoms. The number of benzene rings is 1. The number of halogens is 1. The summed E-state index contributed by atoms with van der Waals surface area (Å²) in [4.78, 5) is 22.8. The third-order valence-corrected chi connectivity index (χ3v) is 2.60. The second-order valence-corrected chi connectivity index (χ2v) is 4.37.